The fourth-order valence-electron chi connectivity index (χ4n) is 1.60. The molecule has 0 saturated heterocycles. The van der Waals surface area contributed by atoms with Gasteiger partial charge in [-0.1, -0.05) is 62.9 Å². The second kappa shape index (κ2) is 6.81. The highest BCUT2D eigenvalue weighted by Gasteiger charge is 2.10. The molecule has 0 saturated carbocycles. The molecule has 0 heterocycles. The van der Waals surface area contributed by atoms with Gasteiger partial charge >= 0.3 is 0 Å². The Morgan fingerprint density at radius 2 is 1.60 bits per heavy atom. The molecule has 0 bridgehead atoms. The lowest BCUT2D eigenvalue weighted by Gasteiger charge is -2.09. The maximum atomic E-state index is 12.0. The van der Waals surface area contributed by atoms with E-state index in [9.17, 15) is 4.79 Å². The number of carbonyl (C=O) groups excluding carboxylic acids is 1. The first-order chi connectivity index (χ1) is 9.45. The van der Waals surface area contributed by atoms with Gasteiger partial charge in [0.1, 0.15) is 0 Å². The van der Waals surface area contributed by atoms with E-state index in [-0.39, 0.29) is 12.3 Å². The largest absolute Gasteiger partial charge is 0.324 e. The molecule has 1 amide bonds. The zero-order valence-corrected chi connectivity index (χ0v) is 13.9. The van der Waals surface area contributed by atoms with Crippen LogP contribution < -0.4 is 5.32 Å². The summed E-state index contributed by atoms with van der Waals surface area (Å²) in [4.78, 5) is 12.0. The van der Waals surface area contributed by atoms with E-state index in [0.717, 1.165) is 10.0 Å². The molecule has 2 nitrogen and oxygen atoms in total. The van der Waals surface area contributed by atoms with E-state index in [4.69, 9.17) is 34.8 Å². The topological polar surface area (TPSA) is 29.1 Å². The average Bonchev–Trinajstić information content (AvgIpc) is 2.39. The van der Waals surface area contributed by atoms with Gasteiger partial charge in [0.25, 0.3) is 0 Å². The molecule has 0 spiro atoms. The standard InChI is InChI=1S/C14H9BrCl3NO/c15-9-3-1-8(2-4-9)5-14(20)19-13-7-11(17)10(16)6-12(13)18/h1-4,6-7H,5H2,(H,19,20). The first-order valence-corrected chi connectivity index (χ1v) is 7.57. The monoisotopic (exact) mass is 391 g/mol. The lowest BCUT2D eigenvalue weighted by Crippen LogP contribution is -2.14. The maximum Gasteiger partial charge on any atom is 0.228 e. The number of amides is 1. The Kier molecular flexibility index (Phi) is 5.33. The summed E-state index contributed by atoms with van der Waals surface area (Å²) in [5, 5.41) is 3.76. The molecule has 104 valence electrons. The molecule has 20 heavy (non-hydrogen) atoms. The molecule has 0 fully saturated rings. The summed E-state index contributed by atoms with van der Waals surface area (Å²) >= 11 is 21.1. The molecule has 2 aromatic carbocycles. The Labute approximate surface area is 140 Å². The number of rotatable bonds is 3. The number of nitrogens with one attached hydrogen (secondary N) is 1. The van der Waals surface area contributed by atoms with Crippen molar-refractivity contribution < 1.29 is 4.79 Å². The van der Waals surface area contributed by atoms with Crippen molar-refractivity contribution in [3.05, 3.63) is 61.5 Å². The lowest BCUT2D eigenvalue weighted by atomic mass is 10.1. The quantitative estimate of drug-likeness (QED) is 0.677. The molecule has 0 radical (unpaired) electrons. The average molecular weight is 393 g/mol. The SMILES string of the molecule is O=C(Cc1ccc(Br)cc1)Nc1cc(Cl)c(Cl)cc1Cl. The predicted octanol–water partition coefficient (Wildman–Crippen LogP) is 5.59. The van der Waals surface area contributed by atoms with Gasteiger partial charge in [-0.05, 0) is 29.8 Å². The molecule has 0 aliphatic carbocycles. The minimum atomic E-state index is -0.174. The van der Waals surface area contributed by atoms with Gasteiger partial charge in [0.2, 0.25) is 5.91 Å². The summed E-state index contributed by atoms with van der Waals surface area (Å²) in [5.41, 5.74) is 1.35. The number of hydrogen-bond donors (Lipinski definition) is 1. The van der Waals surface area contributed by atoms with Crippen LogP contribution in [0.2, 0.25) is 15.1 Å². The molecule has 0 unspecified atom stereocenters. The van der Waals surface area contributed by atoms with Gasteiger partial charge < -0.3 is 5.32 Å². The van der Waals surface area contributed by atoms with E-state index in [1.165, 1.54) is 12.1 Å². The zero-order valence-electron chi connectivity index (χ0n) is 10.1. The Hall–Kier alpha value is -0.740. The number of anilines is 1. The van der Waals surface area contributed by atoms with Gasteiger partial charge in [0, 0.05) is 4.47 Å². The van der Waals surface area contributed by atoms with Crippen molar-refractivity contribution in [2.24, 2.45) is 0 Å². The molecular formula is C14H9BrCl3NO. The second-order valence-electron chi connectivity index (χ2n) is 4.10. The lowest BCUT2D eigenvalue weighted by molar-refractivity contribution is -0.115. The fraction of sp³-hybridized carbons (Fsp3) is 0.0714. The highest BCUT2D eigenvalue weighted by atomic mass is 79.9. The molecule has 0 aliphatic rings. The van der Waals surface area contributed by atoms with E-state index in [0.29, 0.717) is 20.8 Å². The highest BCUT2D eigenvalue weighted by Crippen LogP contribution is 2.32. The third-order valence-electron chi connectivity index (χ3n) is 2.56. The van der Waals surface area contributed by atoms with Crippen molar-refractivity contribution in [2.75, 3.05) is 5.32 Å². The summed E-state index contributed by atoms with van der Waals surface area (Å²) in [6, 6.07) is 10.6. The number of halogens is 4. The van der Waals surface area contributed by atoms with Gasteiger partial charge in [-0.15, -0.1) is 0 Å². The molecule has 6 heteroatoms. The van der Waals surface area contributed by atoms with Crippen LogP contribution in [0.3, 0.4) is 0 Å². The van der Waals surface area contributed by atoms with Crippen LogP contribution >= 0.6 is 50.7 Å². The third kappa shape index (κ3) is 4.13. The Bertz CT molecular complexity index is 644. The van der Waals surface area contributed by atoms with Gasteiger partial charge in [-0.25, -0.2) is 0 Å². The highest BCUT2D eigenvalue weighted by molar-refractivity contribution is 9.10. The second-order valence-corrected chi connectivity index (χ2v) is 6.23. The van der Waals surface area contributed by atoms with Crippen LogP contribution in [0.4, 0.5) is 5.69 Å². The van der Waals surface area contributed by atoms with Gasteiger partial charge in [0.15, 0.2) is 0 Å². The molecule has 2 rings (SSSR count). The number of carbonyl (C=O) groups is 1. The van der Waals surface area contributed by atoms with E-state index < -0.39 is 0 Å². The Morgan fingerprint density at radius 3 is 2.25 bits per heavy atom. The van der Waals surface area contributed by atoms with Crippen LogP contribution in [-0.4, -0.2) is 5.91 Å². The van der Waals surface area contributed by atoms with Crippen molar-refractivity contribution in [3.63, 3.8) is 0 Å². The summed E-state index contributed by atoms with van der Waals surface area (Å²) in [6.45, 7) is 0. The minimum absolute atomic E-state index is 0.174. The Balaban J connectivity index is 2.08. The van der Waals surface area contributed by atoms with Crippen LogP contribution in [-0.2, 0) is 11.2 Å². The van der Waals surface area contributed by atoms with Crippen molar-refractivity contribution in [1.82, 2.24) is 0 Å². The molecule has 0 aromatic heterocycles. The van der Waals surface area contributed by atoms with Crippen molar-refractivity contribution >= 4 is 62.3 Å². The van der Waals surface area contributed by atoms with Crippen LogP contribution in [0, 0.1) is 0 Å². The van der Waals surface area contributed by atoms with Crippen LogP contribution in [0.15, 0.2) is 40.9 Å². The fourth-order valence-corrected chi connectivity index (χ4v) is 2.46. The maximum absolute atomic E-state index is 12.0. The zero-order chi connectivity index (χ0) is 14.7. The van der Waals surface area contributed by atoms with E-state index in [2.05, 4.69) is 21.2 Å². The third-order valence-corrected chi connectivity index (χ3v) is 4.13. The smallest absolute Gasteiger partial charge is 0.228 e. The van der Waals surface area contributed by atoms with Crippen LogP contribution in [0.1, 0.15) is 5.56 Å². The van der Waals surface area contributed by atoms with Crippen molar-refractivity contribution in [1.29, 1.82) is 0 Å². The summed E-state index contributed by atoms with van der Waals surface area (Å²) in [5.74, 6) is -0.174. The molecule has 0 atom stereocenters. The number of benzene rings is 2. The van der Waals surface area contributed by atoms with Crippen molar-refractivity contribution in [2.45, 2.75) is 6.42 Å². The first kappa shape index (κ1) is 15.6. The van der Waals surface area contributed by atoms with E-state index in [1.54, 1.807) is 0 Å². The molecule has 2 aromatic rings. The normalized spacial score (nSPS) is 10.4. The minimum Gasteiger partial charge on any atom is -0.324 e. The Morgan fingerprint density at radius 1 is 1.00 bits per heavy atom. The van der Waals surface area contributed by atoms with Gasteiger partial charge in [-0.2, -0.15) is 0 Å². The van der Waals surface area contributed by atoms with Crippen LogP contribution in [0.5, 0.6) is 0 Å². The number of hydrogen-bond acceptors (Lipinski definition) is 1. The first-order valence-electron chi connectivity index (χ1n) is 5.64. The predicted molar refractivity (Wildman–Crippen MR) is 87.9 cm³/mol. The van der Waals surface area contributed by atoms with Gasteiger partial charge in [-0.3, -0.25) is 4.79 Å². The summed E-state index contributed by atoms with van der Waals surface area (Å²) in [6.07, 6.45) is 0.254. The van der Waals surface area contributed by atoms with Crippen molar-refractivity contribution in [3.8, 4) is 0 Å². The van der Waals surface area contributed by atoms with Crippen LogP contribution in [0.25, 0.3) is 0 Å². The van der Waals surface area contributed by atoms with E-state index >= 15 is 0 Å². The van der Waals surface area contributed by atoms with Gasteiger partial charge in [0.05, 0.1) is 27.2 Å². The molecular weight excluding hydrogens is 384 g/mol. The summed E-state index contributed by atoms with van der Waals surface area (Å²) in [7, 11) is 0. The van der Waals surface area contributed by atoms with E-state index in [1.807, 2.05) is 24.3 Å². The molecule has 1 N–H and O–H groups in total. The summed E-state index contributed by atoms with van der Waals surface area (Å²) < 4.78 is 0.967. The molecule has 0 aliphatic heterocycles.